The molecule has 1 amide bonds. The van der Waals surface area contributed by atoms with Crippen LogP contribution in [0.4, 0.5) is 0 Å². The van der Waals surface area contributed by atoms with Crippen molar-refractivity contribution in [1.82, 2.24) is 4.90 Å². The fourth-order valence-corrected chi connectivity index (χ4v) is 4.43. The van der Waals surface area contributed by atoms with Gasteiger partial charge in [0.1, 0.15) is 23.9 Å². The van der Waals surface area contributed by atoms with Crippen molar-refractivity contribution in [3.05, 3.63) is 99.6 Å². The molecule has 1 saturated heterocycles. The summed E-state index contributed by atoms with van der Waals surface area (Å²) < 4.78 is 5.92. The lowest BCUT2D eigenvalue weighted by molar-refractivity contribution is -0.139. The van der Waals surface area contributed by atoms with Gasteiger partial charge in [-0.15, -0.1) is 0 Å². The molecular formula is C28H26ClNO5. The van der Waals surface area contributed by atoms with E-state index in [0.29, 0.717) is 36.4 Å². The Morgan fingerprint density at radius 1 is 1.06 bits per heavy atom. The molecule has 1 aliphatic heterocycles. The molecular weight excluding hydrogens is 466 g/mol. The highest BCUT2D eigenvalue weighted by Crippen LogP contribution is 2.41. The average Bonchev–Trinajstić information content (AvgIpc) is 3.10. The van der Waals surface area contributed by atoms with E-state index >= 15 is 0 Å². The zero-order valence-corrected chi connectivity index (χ0v) is 20.2. The molecule has 0 saturated carbocycles. The number of halogens is 1. The highest BCUT2D eigenvalue weighted by Gasteiger charge is 2.45. The number of aliphatic hydroxyl groups is 1. The number of rotatable bonds is 7. The van der Waals surface area contributed by atoms with Crippen molar-refractivity contribution < 1.29 is 24.5 Å². The first-order valence-electron chi connectivity index (χ1n) is 11.4. The summed E-state index contributed by atoms with van der Waals surface area (Å²) in [5.41, 5.74) is 2.72. The lowest BCUT2D eigenvalue weighted by Crippen LogP contribution is -2.30. The Morgan fingerprint density at radius 3 is 2.46 bits per heavy atom. The predicted octanol–water partition coefficient (Wildman–Crippen LogP) is 5.76. The van der Waals surface area contributed by atoms with E-state index in [0.717, 1.165) is 11.1 Å². The number of aromatic hydroxyl groups is 1. The number of hydrogen-bond donors (Lipinski definition) is 2. The second-order valence-electron chi connectivity index (χ2n) is 8.46. The smallest absolute Gasteiger partial charge is 0.295 e. The number of carbonyl (C=O) groups excluding carboxylic acids is 2. The number of amides is 1. The highest BCUT2D eigenvalue weighted by atomic mass is 35.5. The van der Waals surface area contributed by atoms with Gasteiger partial charge < -0.3 is 19.8 Å². The molecule has 0 radical (unpaired) electrons. The van der Waals surface area contributed by atoms with Gasteiger partial charge in [-0.05, 0) is 60.4 Å². The lowest BCUT2D eigenvalue weighted by Gasteiger charge is -2.25. The van der Waals surface area contributed by atoms with Gasteiger partial charge >= 0.3 is 0 Å². The number of aryl methyl sites for hydroxylation is 1. The number of phenolic OH excluding ortho intramolecular Hbond substituents is 1. The van der Waals surface area contributed by atoms with Gasteiger partial charge in [-0.1, -0.05) is 54.9 Å². The summed E-state index contributed by atoms with van der Waals surface area (Å²) in [5.74, 6) is -1.16. The molecule has 3 aromatic rings. The summed E-state index contributed by atoms with van der Waals surface area (Å²) in [7, 11) is 0. The molecule has 6 nitrogen and oxygen atoms in total. The Hall–Kier alpha value is -3.77. The first-order chi connectivity index (χ1) is 16.8. The lowest BCUT2D eigenvalue weighted by atomic mass is 9.94. The zero-order valence-electron chi connectivity index (χ0n) is 19.5. The van der Waals surface area contributed by atoms with Crippen LogP contribution in [-0.4, -0.2) is 33.3 Å². The van der Waals surface area contributed by atoms with Crippen molar-refractivity contribution in [2.45, 2.75) is 32.9 Å². The standard InChI is InChI=1S/C28H26ClNO5/c1-3-13-30-25(19-9-11-22(31)21(29)15-19)24(27(33)28(30)34)26(32)20-10-12-23(17(2)14-20)35-16-18-7-5-4-6-8-18/h4-12,14-15,25,31-32H,3,13,16H2,1-2H3/b26-24-. The second kappa shape index (κ2) is 10.2. The van der Waals surface area contributed by atoms with Crippen molar-refractivity contribution in [1.29, 1.82) is 0 Å². The van der Waals surface area contributed by atoms with Crippen LogP contribution in [0.5, 0.6) is 11.5 Å². The van der Waals surface area contributed by atoms with Gasteiger partial charge in [-0.2, -0.15) is 0 Å². The topological polar surface area (TPSA) is 87.1 Å². The van der Waals surface area contributed by atoms with Crippen LogP contribution in [0.15, 0.2) is 72.3 Å². The van der Waals surface area contributed by atoms with Gasteiger partial charge in [0, 0.05) is 12.1 Å². The maximum atomic E-state index is 13.0. The van der Waals surface area contributed by atoms with E-state index < -0.39 is 17.7 Å². The summed E-state index contributed by atoms with van der Waals surface area (Å²) in [6, 6.07) is 18.6. The molecule has 1 unspecified atom stereocenters. The molecule has 3 aromatic carbocycles. The Kier molecular flexibility index (Phi) is 7.12. The molecule has 0 aromatic heterocycles. The Balaban J connectivity index is 1.72. The van der Waals surface area contributed by atoms with Crippen molar-refractivity contribution in [3.63, 3.8) is 0 Å². The van der Waals surface area contributed by atoms with E-state index in [9.17, 15) is 19.8 Å². The molecule has 1 fully saturated rings. The molecule has 0 bridgehead atoms. The maximum absolute atomic E-state index is 13.0. The van der Waals surface area contributed by atoms with E-state index in [1.807, 2.05) is 44.2 Å². The van der Waals surface area contributed by atoms with Gasteiger partial charge in [0.15, 0.2) is 0 Å². The van der Waals surface area contributed by atoms with E-state index in [1.165, 1.54) is 17.0 Å². The number of carbonyl (C=O) groups is 2. The average molecular weight is 492 g/mol. The van der Waals surface area contributed by atoms with Gasteiger partial charge in [0.25, 0.3) is 11.7 Å². The molecule has 35 heavy (non-hydrogen) atoms. The van der Waals surface area contributed by atoms with E-state index in [1.54, 1.807) is 24.3 Å². The molecule has 0 spiro atoms. The fourth-order valence-electron chi connectivity index (χ4n) is 4.24. The largest absolute Gasteiger partial charge is 0.507 e. The predicted molar refractivity (Wildman–Crippen MR) is 134 cm³/mol. The molecule has 1 atom stereocenters. The van der Waals surface area contributed by atoms with Crippen molar-refractivity contribution >= 4 is 29.1 Å². The molecule has 2 N–H and O–H groups in total. The molecule has 180 valence electrons. The third kappa shape index (κ3) is 4.88. The van der Waals surface area contributed by atoms with Crippen LogP contribution in [0, 0.1) is 6.92 Å². The summed E-state index contributed by atoms with van der Waals surface area (Å²) in [4.78, 5) is 27.3. The number of likely N-dealkylation sites (tertiary alicyclic amines) is 1. The Bertz CT molecular complexity index is 1300. The van der Waals surface area contributed by atoms with Gasteiger partial charge in [0.05, 0.1) is 16.6 Å². The minimum Gasteiger partial charge on any atom is -0.507 e. The quantitative estimate of drug-likeness (QED) is 0.249. The number of benzene rings is 3. The third-order valence-electron chi connectivity index (χ3n) is 5.98. The second-order valence-corrected chi connectivity index (χ2v) is 8.87. The third-order valence-corrected chi connectivity index (χ3v) is 6.28. The van der Waals surface area contributed by atoms with Crippen LogP contribution < -0.4 is 4.74 Å². The molecule has 0 aliphatic carbocycles. The van der Waals surface area contributed by atoms with Crippen LogP contribution in [0.25, 0.3) is 5.76 Å². The summed E-state index contributed by atoms with van der Waals surface area (Å²) in [6.45, 7) is 4.48. The first kappa shape index (κ1) is 24.4. The summed E-state index contributed by atoms with van der Waals surface area (Å²) >= 11 is 6.12. The van der Waals surface area contributed by atoms with Crippen LogP contribution in [0.3, 0.4) is 0 Å². The molecule has 1 heterocycles. The monoisotopic (exact) mass is 491 g/mol. The molecule has 7 heteroatoms. The van der Waals surface area contributed by atoms with Crippen molar-refractivity contribution in [3.8, 4) is 11.5 Å². The number of ketones is 1. The number of ether oxygens (including phenoxy) is 1. The van der Waals surface area contributed by atoms with Crippen LogP contribution >= 0.6 is 11.6 Å². The minimum absolute atomic E-state index is 0.0115. The number of aliphatic hydroxyl groups excluding tert-OH is 1. The number of hydrogen-bond acceptors (Lipinski definition) is 5. The zero-order chi connectivity index (χ0) is 25.1. The van der Waals surface area contributed by atoms with Crippen LogP contribution in [0.1, 0.15) is 41.6 Å². The van der Waals surface area contributed by atoms with Crippen molar-refractivity contribution in [2.24, 2.45) is 0 Å². The van der Waals surface area contributed by atoms with Crippen molar-refractivity contribution in [2.75, 3.05) is 6.54 Å². The Morgan fingerprint density at radius 2 is 1.80 bits per heavy atom. The molecule has 1 aliphatic rings. The number of nitrogens with zero attached hydrogens (tertiary/aromatic N) is 1. The van der Waals surface area contributed by atoms with Gasteiger partial charge in [-0.25, -0.2) is 0 Å². The normalized spacial score (nSPS) is 17.1. The number of phenols is 1. The van der Waals surface area contributed by atoms with Crippen LogP contribution in [0.2, 0.25) is 5.02 Å². The Labute approximate surface area is 209 Å². The van der Waals surface area contributed by atoms with Gasteiger partial charge in [0.2, 0.25) is 0 Å². The number of Topliss-reactive ketones (excluding diaryl/α,β-unsaturated/α-hetero) is 1. The summed E-state index contributed by atoms with van der Waals surface area (Å²) in [5, 5.41) is 21.2. The van der Waals surface area contributed by atoms with Crippen LogP contribution in [-0.2, 0) is 16.2 Å². The summed E-state index contributed by atoms with van der Waals surface area (Å²) in [6.07, 6.45) is 0.627. The molecule has 4 rings (SSSR count). The first-order valence-corrected chi connectivity index (χ1v) is 11.7. The van der Waals surface area contributed by atoms with E-state index in [2.05, 4.69) is 0 Å². The van der Waals surface area contributed by atoms with Gasteiger partial charge in [-0.3, -0.25) is 9.59 Å². The fraction of sp³-hybridized carbons (Fsp3) is 0.214. The van der Waals surface area contributed by atoms with E-state index in [4.69, 9.17) is 16.3 Å². The maximum Gasteiger partial charge on any atom is 0.295 e. The highest BCUT2D eigenvalue weighted by molar-refractivity contribution is 6.46. The van der Waals surface area contributed by atoms with E-state index in [-0.39, 0.29) is 22.1 Å². The minimum atomic E-state index is -0.817. The SMILES string of the molecule is CCCN1C(=O)C(=O)/C(=C(\O)c2ccc(OCc3ccccc3)c(C)c2)C1c1ccc(O)c(Cl)c1.